The number of hydrogen-bond donors (Lipinski definition) is 0. The van der Waals surface area contributed by atoms with Gasteiger partial charge in [0, 0.05) is 18.7 Å². The molecule has 2 heterocycles. The van der Waals surface area contributed by atoms with Crippen molar-refractivity contribution in [1.82, 2.24) is 4.98 Å². The first-order valence-corrected chi connectivity index (χ1v) is 5.08. The van der Waals surface area contributed by atoms with Crippen molar-refractivity contribution in [3.05, 3.63) is 23.9 Å². The van der Waals surface area contributed by atoms with Crippen LogP contribution in [-0.2, 0) is 14.3 Å². The molecule has 0 spiro atoms. The molecule has 0 saturated carbocycles. The van der Waals surface area contributed by atoms with E-state index in [0.717, 1.165) is 0 Å². The third kappa shape index (κ3) is 2.52. The fourth-order valence-corrected chi connectivity index (χ4v) is 1.40. The van der Waals surface area contributed by atoms with E-state index < -0.39 is 18.0 Å². The number of cyclic esters (lactones) is 1. The lowest BCUT2D eigenvalue weighted by Crippen LogP contribution is -2.22. The van der Waals surface area contributed by atoms with E-state index in [1.165, 1.54) is 19.4 Å². The van der Waals surface area contributed by atoms with E-state index in [1.54, 1.807) is 6.07 Å². The van der Waals surface area contributed by atoms with Gasteiger partial charge in [0.05, 0.1) is 19.3 Å². The van der Waals surface area contributed by atoms with Crippen molar-refractivity contribution in [3.8, 4) is 5.88 Å². The molecule has 6 heteroatoms. The Balaban J connectivity index is 2.01. The van der Waals surface area contributed by atoms with Gasteiger partial charge >= 0.3 is 11.9 Å². The molecule has 0 unspecified atom stereocenters. The van der Waals surface area contributed by atoms with Crippen LogP contribution in [0.5, 0.6) is 5.88 Å². The Hall–Kier alpha value is -2.11. The first kappa shape index (κ1) is 11.4. The number of aromatic nitrogens is 1. The summed E-state index contributed by atoms with van der Waals surface area (Å²) in [5, 5.41) is 0. The number of pyridine rings is 1. The molecule has 17 heavy (non-hydrogen) atoms. The van der Waals surface area contributed by atoms with Gasteiger partial charge in [0.2, 0.25) is 12.0 Å². The first-order valence-electron chi connectivity index (χ1n) is 5.08. The third-order valence-corrected chi connectivity index (χ3v) is 2.32. The van der Waals surface area contributed by atoms with Gasteiger partial charge in [-0.15, -0.1) is 0 Å². The molecule has 1 atom stereocenters. The summed E-state index contributed by atoms with van der Waals surface area (Å²) in [6.07, 6.45) is 0.930. The van der Waals surface area contributed by atoms with Gasteiger partial charge in [-0.05, 0) is 6.07 Å². The lowest BCUT2D eigenvalue weighted by atomic mass is 10.2. The second-order valence-electron chi connectivity index (χ2n) is 3.44. The third-order valence-electron chi connectivity index (χ3n) is 2.32. The average Bonchev–Trinajstić information content (AvgIpc) is 2.75. The van der Waals surface area contributed by atoms with Crippen molar-refractivity contribution in [2.45, 2.75) is 12.5 Å². The standard InChI is InChI=1S/C11H11NO5/c1-15-9-3-2-7(6-12-9)10(13)17-8-4-5-16-11(8)14/h2-3,6,8H,4-5H2,1H3/t8-/m1/s1. The van der Waals surface area contributed by atoms with E-state index in [2.05, 4.69) is 9.72 Å². The smallest absolute Gasteiger partial charge is 0.347 e. The maximum Gasteiger partial charge on any atom is 0.347 e. The van der Waals surface area contributed by atoms with Crippen molar-refractivity contribution in [2.75, 3.05) is 13.7 Å². The molecule has 1 aliphatic heterocycles. The molecule has 0 bridgehead atoms. The number of methoxy groups -OCH3 is 1. The van der Waals surface area contributed by atoms with Gasteiger partial charge in [0.1, 0.15) is 0 Å². The van der Waals surface area contributed by atoms with Gasteiger partial charge in [0.25, 0.3) is 0 Å². The number of nitrogens with zero attached hydrogens (tertiary/aromatic N) is 1. The Morgan fingerprint density at radius 2 is 2.35 bits per heavy atom. The molecular weight excluding hydrogens is 226 g/mol. The second-order valence-corrected chi connectivity index (χ2v) is 3.44. The molecule has 1 fully saturated rings. The average molecular weight is 237 g/mol. The number of ether oxygens (including phenoxy) is 3. The fraction of sp³-hybridized carbons (Fsp3) is 0.364. The molecule has 1 saturated heterocycles. The molecule has 1 aromatic heterocycles. The van der Waals surface area contributed by atoms with E-state index in [-0.39, 0.29) is 12.2 Å². The van der Waals surface area contributed by atoms with E-state index in [4.69, 9.17) is 9.47 Å². The summed E-state index contributed by atoms with van der Waals surface area (Å²) in [5.74, 6) is -0.689. The van der Waals surface area contributed by atoms with Crippen LogP contribution in [0, 0.1) is 0 Å². The molecule has 0 aromatic carbocycles. The number of carbonyl (C=O) groups excluding carboxylic acids is 2. The minimum Gasteiger partial charge on any atom is -0.481 e. The van der Waals surface area contributed by atoms with Crippen molar-refractivity contribution >= 4 is 11.9 Å². The van der Waals surface area contributed by atoms with Crippen LogP contribution in [-0.4, -0.2) is 36.7 Å². The summed E-state index contributed by atoms with van der Waals surface area (Å²) < 4.78 is 14.5. The van der Waals surface area contributed by atoms with Crippen LogP contribution in [0.3, 0.4) is 0 Å². The Kier molecular flexibility index (Phi) is 3.22. The summed E-state index contributed by atoms with van der Waals surface area (Å²) >= 11 is 0. The Morgan fingerprint density at radius 1 is 1.53 bits per heavy atom. The van der Waals surface area contributed by atoms with Gasteiger partial charge in [-0.2, -0.15) is 0 Å². The zero-order valence-corrected chi connectivity index (χ0v) is 9.21. The van der Waals surface area contributed by atoms with Gasteiger partial charge in [-0.1, -0.05) is 0 Å². The van der Waals surface area contributed by atoms with Crippen LogP contribution in [0.15, 0.2) is 18.3 Å². The summed E-state index contributed by atoms with van der Waals surface area (Å²) in [7, 11) is 1.48. The van der Waals surface area contributed by atoms with Crippen molar-refractivity contribution in [1.29, 1.82) is 0 Å². The molecule has 6 nitrogen and oxygen atoms in total. The van der Waals surface area contributed by atoms with Gasteiger partial charge in [-0.3, -0.25) is 0 Å². The minimum atomic E-state index is -0.801. The zero-order valence-electron chi connectivity index (χ0n) is 9.21. The number of rotatable bonds is 3. The van der Waals surface area contributed by atoms with Crippen LogP contribution in [0.4, 0.5) is 0 Å². The Bertz CT molecular complexity index is 428. The second kappa shape index (κ2) is 4.82. The molecule has 2 rings (SSSR count). The van der Waals surface area contributed by atoms with Crippen molar-refractivity contribution in [2.24, 2.45) is 0 Å². The highest BCUT2D eigenvalue weighted by Crippen LogP contribution is 2.14. The number of hydrogen-bond acceptors (Lipinski definition) is 6. The molecule has 90 valence electrons. The van der Waals surface area contributed by atoms with Crippen molar-refractivity contribution in [3.63, 3.8) is 0 Å². The molecule has 0 amide bonds. The normalized spacial score (nSPS) is 18.6. The lowest BCUT2D eigenvalue weighted by molar-refractivity contribution is -0.145. The van der Waals surface area contributed by atoms with E-state index in [0.29, 0.717) is 12.3 Å². The largest absolute Gasteiger partial charge is 0.481 e. The molecule has 1 aliphatic rings. The highest BCUT2D eigenvalue weighted by atomic mass is 16.6. The van der Waals surface area contributed by atoms with Crippen LogP contribution >= 0.6 is 0 Å². The number of esters is 2. The molecule has 1 aromatic rings. The van der Waals surface area contributed by atoms with Gasteiger partial charge in [-0.25, -0.2) is 14.6 Å². The predicted octanol–water partition coefficient (Wildman–Crippen LogP) is 0.562. The lowest BCUT2D eigenvalue weighted by Gasteiger charge is -2.08. The summed E-state index contributed by atoms with van der Waals surface area (Å²) in [6.45, 7) is 0.289. The van der Waals surface area contributed by atoms with Crippen molar-refractivity contribution < 1.29 is 23.8 Å². The Morgan fingerprint density at radius 3 is 2.88 bits per heavy atom. The van der Waals surface area contributed by atoms with Crippen LogP contribution in [0.2, 0.25) is 0 Å². The summed E-state index contributed by atoms with van der Waals surface area (Å²) in [4.78, 5) is 26.6. The maximum atomic E-state index is 11.6. The van der Waals surface area contributed by atoms with E-state index in [9.17, 15) is 9.59 Å². The van der Waals surface area contributed by atoms with Gasteiger partial charge < -0.3 is 14.2 Å². The zero-order chi connectivity index (χ0) is 12.3. The van der Waals surface area contributed by atoms with Crippen LogP contribution in [0.1, 0.15) is 16.8 Å². The van der Waals surface area contributed by atoms with Gasteiger partial charge in [0.15, 0.2) is 0 Å². The monoisotopic (exact) mass is 237 g/mol. The van der Waals surface area contributed by atoms with Crippen LogP contribution in [0.25, 0.3) is 0 Å². The van der Waals surface area contributed by atoms with E-state index in [1.807, 2.05) is 0 Å². The summed E-state index contributed by atoms with van der Waals surface area (Å²) in [5.41, 5.74) is 0.269. The highest BCUT2D eigenvalue weighted by molar-refractivity contribution is 5.91. The fourth-order valence-electron chi connectivity index (χ4n) is 1.40. The van der Waals surface area contributed by atoms with E-state index >= 15 is 0 Å². The first-order chi connectivity index (χ1) is 8.20. The minimum absolute atomic E-state index is 0.269. The predicted molar refractivity (Wildman–Crippen MR) is 55.6 cm³/mol. The Labute approximate surface area is 97.5 Å². The SMILES string of the molecule is COc1ccc(C(=O)O[C@@H]2CCOC2=O)cn1. The molecule has 0 radical (unpaired) electrons. The molecule has 0 N–H and O–H groups in total. The quantitative estimate of drug-likeness (QED) is 0.715. The maximum absolute atomic E-state index is 11.6. The number of carbonyl (C=O) groups is 2. The van der Waals surface area contributed by atoms with Crippen LogP contribution < -0.4 is 4.74 Å². The molecule has 0 aliphatic carbocycles. The topological polar surface area (TPSA) is 74.7 Å². The highest BCUT2D eigenvalue weighted by Gasteiger charge is 2.30. The summed E-state index contributed by atoms with van der Waals surface area (Å²) in [6, 6.07) is 3.07. The molecular formula is C11H11NO5.